The summed E-state index contributed by atoms with van der Waals surface area (Å²) < 4.78 is 16.1. The predicted octanol–water partition coefficient (Wildman–Crippen LogP) is 1.97. The lowest BCUT2D eigenvalue weighted by Gasteiger charge is -2.15. The van der Waals surface area contributed by atoms with Crippen LogP contribution in [0.25, 0.3) is 0 Å². The third kappa shape index (κ3) is 2.18. The molecule has 0 radical (unpaired) electrons. The average Bonchev–Trinajstić information content (AvgIpc) is 2.28. The summed E-state index contributed by atoms with van der Waals surface area (Å²) in [5.74, 6) is 1.66. The molecule has 84 valence electrons. The van der Waals surface area contributed by atoms with Gasteiger partial charge in [0.2, 0.25) is 0 Å². The molecule has 0 aliphatic rings. The maximum absolute atomic E-state index is 9.23. The van der Waals surface area contributed by atoms with Crippen LogP contribution in [0.4, 0.5) is 0 Å². The highest BCUT2D eigenvalue weighted by Gasteiger charge is 2.17. The van der Waals surface area contributed by atoms with Gasteiger partial charge < -0.3 is 19.3 Å². The van der Waals surface area contributed by atoms with E-state index in [9.17, 15) is 5.11 Å². The monoisotopic (exact) mass is 276 g/mol. The summed E-state index contributed by atoms with van der Waals surface area (Å²) in [6, 6.07) is 1.69. The van der Waals surface area contributed by atoms with Crippen LogP contribution in [0.5, 0.6) is 17.2 Å². The molecule has 1 aromatic carbocycles. The Hall–Kier alpha value is -0.940. The summed E-state index contributed by atoms with van der Waals surface area (Å²) in [6.07, 6.45) is 0. The highest BCUT2D eigenvalue weighted by atomic mass is 79.9. The zero-order valence-corrected chi connectivity index (χ0v) is 10.4. The molecule has 0 fully saturated rings. The van der Waals surface area contributed by atoms with Gasteiger partial charge >= 0.3 is 0 Å². The molecule has 1 aromatic rings. The topological polar surface area (TPSA) is 47.9 Å². The second-order valence-corrected chi connectivity index (χ2v) is 3.56. The fourth-order valence-corrected chi connectivity index (χ4v) is 2.00. The second kappa shape index (κ2) is 5.23. The van der Waals surface area contributed by atoms with Gasteiger partial charge in [0.25, 0.3) is 0 Å². The van der Waals surface area contributed by atoms with Gasteiger partial charge in [-0.3, -0.25) is 0 Å². The van der Waals surface area contributed by atoms with E-state index in [0.717, 1.165) is 0 Å². The maximum atomic E-state index is 9.23. The molecule has 1 N–H and O–H groups in total. The van der Waals surface area contributed by atoms with Crippen LogP contribution in [-0.4, -0.2) is 26.4 Å². The van der Waals surface area contributed by atoms with E-state index in [1.54, 1.807) is 13.2 Å². The molecule has 0 aliphatic carbocycles. The highest BCUT2D eigenvalue weighted by molar-refractivity contribution is 9.10. The van der Waals surface area contributed by atoms with Crippen molar-refractivity contribution >= 4 is 15.9 Å². The van der Waals surface area contributed by atoms with Crippen molar-refractivity contribution in [2.45, 2.75) is 6.61 Å². The number of aliphatic hydroxyl groups is 1. The van der Waals surface area contributed by atoms with E-state index in [4.69, 9.17) is 14.2 Å². The highest BCUT2D eigenvalue weighted by Crippen LogP contribution is 2.42. The molecule has 1 rings (SSSR count). The number of benzene rings is 1. The number of ether oxygens (including phenoxy) is 3. The molecule has 0 aliphatic heterocycles. The van der Waals surface area contributed by atoms with Gasteiger partial charge in [0.15, 0.2) is 0 Å². The molecule has 5 heteroatoms. The van der Waals surface area contributed by atoms with Crippen molar-refractivity contribution in [2.24, 2.45) is 0 Å². The van der Waals surface area contributed by atoms with E-state index in [1.165, 1.54) is 14.2 Å². The lowest BCUT2D eigenvalue weighted by molar-refractivity contribution is 0.263. The third-order valence-electron chi connectivity index (χ3n) is 2.05. The first-order chi connectivity index (χ1) is 7.19. The van der Waals surface area contributed by atoms with Crippen molar-refractivity contribution in [1.29, 1.82) is 0 Å². The third-order valence-corrected chi connectivity index (χ3v) is 2.80. The lowest BCUT2D eigenvalue weighted by atomic mass is 10.1. The molecule has 0 aromatic heterocycles. The Balaban J connectivity index is 3.43. The number of hydrogen-bond donors (Lipinski definition) is 1. The maximum Gasteiger partial charge on any atom is 0.146 e. The van der Waals surface area contributed by atoms with Gasteiger partial charge in [-0.2, -0.15) is 0 Å². The summed E-state index contributed by atoms with van der Waals surface area (Å²) >= 11 is 3.34. The van der Waals surface area contributed by atoms with Crippen molar-refractivity contribution in [3.05, 3.63) is 16.1 Å². The Bertz CT molecular complexity index is 352. The number of rotatable bonds is 4. The van der Waals surface area contributed by atoms with Gasteiger partial charge in [-0.25, -0.2) is 0 Å². The number of aliphatic hydroxyl groups excluding tert-OH is 1. The smallest absolute Gasteiger partial charge is 0.146 e. The van der Waals surface area contributed by atoms with Crippen LogP contribution < -0.4 is 14.2 Å². The van der Waals surface area contributed by atoms with Crippen LogP contribution in [0.3, 0.4) is 0 Å². The van der Waals surface area contributed by atoms with Crippen LogP contribution in [0.2, 0.25) is 0 Å². The molecule has 0 spiro atoms. The van der Waals surface area contributed by atoms with Gasteiger partial charge in [-0.1, -0.05) is 0 Å². The fraction of sp³-hybridized carbons (Fsp3) is 0.400. The molecule has 0 saturated carbocycles. The molecule has 0 unspecified atom stereocenters. The zero-order chi connectivity index (χ0) is 11.4. The molecule has 0 heterocycles. The van der Waals surface area contributed by atoms with Gasteiger partial charge in [0.1, 0.15) is 21.7 Å². The summed E-state index contributed by atoms with van der Waals surface area (Å²) in [4.78, 5) is 0. The van der Waals surface area contributed by atoms with E-state index < -0.39 is 0 Å². The lowest BCUT2D eigenvalue weighted by Crippen LogP contribution is -1.99. The number of halogens is 1. The standard InChI is InChI=1S/C10H13BrO4/c1-13-7-4-8(14-2)9(11)10(15-3)6(7)5-12/h4,12H,5H2,1-3H3. The molecule has 0 bridgehead atoms. The van der Waals surface area contributed by atoms with Gasteiger partial charge in [0.05, 0.1) is 33.5 Å². The molecular formula is C10H13BrO4. The Morgan fingerprint density at radius 3 is 2.13 bits per heavy atom. The first-order valence-electron chi connectivity index (χ1n) is 4.27. The number of methoxy groups -OCH3 is 3. The summed E-state index contributed by atoms with van der Waals surface area (Å²) in [6.45, 7) is -0.158. The van der Waals surface area contributed by atoms with E-state index in [1.807, 2.05) is 0 Å². The molecule has 0 atom stereocenters. The molecule has 0 saturated heterocycles. The predicted molar refractivity (Wildman–Crippen MR) is 59.7 cm³/mol. The van der Waals surface area contributed by atoms with E-state index >= 15 is 0 Å². The minimum atomic E-state index is -0.158. The Morgan fingerprint density at radius 1 is 1.13 bits per heavy atom. The Morgan fingerprint density at radius 2 is 1.73 bits per heavy atom. The van der Waals surface area contributed by atoms with Crippen LogP contribution in [0.15, 0.2) is 10.5 Å². The van der Waals surface area contributed by atoms with Crippen LogP contribution in [0, 0.1) is 0 Å². The fourth-order valence-electron chi connectivity index (χ4n) is 1.32. The zero-order valence-electron chi connectivity index (χ0n) is 8.83. The van der Waals surface area contributed by atoms with E-state index in [-0.39, 0.29) is 6.61 Å². The Kier molecular flexibility index (Phi) is 4.23. The first kappa shape index (κ1) is 12.1. The van der Waals surface area contributed by atoms with Gasteiger partial charge in [-0.05, 0) is 15.9 Å². The van der Waals surface area contributed by atoms with Gasteiger partial charge in [-0.15, -0.1) is 0 Å². The quantitative estimate of drug-likeness (QED) is 0.914. The first-order valence-corrected chi connectivity index (χ1v) is 5.07. The van der Waals surface area contributed by atoms with E-state index in [0.29, 0.717) is 27.3 Å². The number of hydrogen-bond acceptors (Lipinski definition) is 4. The van der Waals surface area contributed by atoms with Crippen molar-refractivity contribution in [3.63, 3.8) is 0 Å². The van der Waals surface area contributed by atoms with Crippen molar-refractivity contribution in [3.8, 4) is 17.2 Å². The summed E-state index contributed by atoms with van der Waals surface area (Å²) in [5.41, 5.74) is 0.590. The van der Waals surface area contributed by atoms with Crippen molar-refractivity contribution < 1.29 is 19.3 Å². The molecular weight excluding hydrogens is 264 g/mol. The molecule has 4 nitrogen and oxygen atoms in total. The summed E-state index contributed by atoms with van der Waals surface area (Å²) in [7, 11) is 4.61. The second-order valence-electron chi connectivity index (χ2n) is 2.76. The van der Waals surface area contributed by atoms with Crippen molar-refractivity contribution in [2.75, 3.05) is 21.3 Å². The Labute approximate surface area is 96.9 Å². The minimum absolute atomic E-state index is 0.158. The average molecular weight is 277 g/mol. The van der Waals surface area contributed by atoms with E-state index in [2.05, 4.69) is 15.9 Å². The largest absolute Gasteiger partial charge is 0.496 e. The SMILES string of the molecule is COc1cc(OC)c(CO)c(OC)c1Br. The van der Waals surface area contributed by atoms with Crippen LogP contribution in [0.1, 0.15) is 5.56 Å². The van der Waals surface area contributed by atoms with Crippen molar-refractivity contribution in [1.82, 2.24) is 0 Å². The summed E-state index contributed by atoms with van der Waals surface area (Å²) in [5, 5.41) is 9.23. The van der Waals surface area contributed by atoms with Crippen LogP contribution >= 0.6 is 15.9 Å². The van der Waals surface area contributed by atoms with Crippen LogP contribution in [-0.2, 0) is 6.61 Å². The molecule has 0 amide bonds. The minimum Gasteiger partial charge on any atom is -0.496 e. The van der Waals surface area contributed by atoms with Gasteiger partial charge in [0, 0.05) is 6.07 Å². The molecule has 15 heavy (non-hydrogen) atoms. The normalized spacial score (nSPS) is 9.93.